The molecule has 0 fully saturated rings. The van der Waals surface area contributed by atoms with E-state index in [9.17, 15) is 39.1 Å². The zero-order valence-electron chi connectivity index (χ0n) is 6.12. The Morgan fingerprint density at radius 3 is 1.71 bits per heavy atom. The minimum atomic E-state index is -4.53. The molecule has 0 saturated carbocycles. The first-order valence-electron chi connectivity index (χ1n) is 2.72. The lowest BCUT2D eigenvalue weighted by Crippen LogP contribution is -2.40. The van der Waals surface area contributed by atoms with Gasteiger partial charge in [-0.2, -0.15) is 0 Å². The maximum absolute atomic E-state index is 12.6. The Bertz CT molecular complexity index is 312. The van der Waals surface area contributed by atoms with Crippen LogP contribution in [0.5, 0.6) is 0 Å². The van der Waals surface area contributed by atoms with Crippen molar-refractivity contribution in [3.63, 3.8) is 0 Å². The molecule has 0 rings (SSSR count). The normalized spacial score (nSPS) is 12.3. The lowest BCUT2D eigenvalue weighted by Gasteiger charge is -2.00. The van der Waals surface area contributed by atoms with Crippen molar-refractivity contribution in [1.82, 2.24) is 0 Å². The molecule has 9 nitrogen and oxygen atoms in total. The number of halogens is 2. The fraction of sp³-hybridized carbons (Fsp3) is 0.333. The fourth-order valence-electron chi connectivity index (χ4n) is 0.376. The summed E-state index contributed by atoms with van der Waals surface area (Å²) in [4.78, 5) is 23.1. The van der Waals surface area contributed by atoms with Gasteiger partial charge in [0.15, 0.2) is 0 Å². The Morgan fingerprint density at radius 1 is 1.14 bits per heavy atom. The Morgan fingerprint density at radius 2 is 1.50 bits per heavy atom. The maximum Gasteiger partial charge on any atom is 0.645 e. The summed E-state index contributed by atoms with van der Waals surface area (Å²) >= 11 is 0. The zero-order chi connectivity index (χ0) is 11.5. The average molecular weight is 213 g/mol. The molecule has 78 valence electrons. The van der Waals surface area contributed by atoms with Crippen LogP contribution in [0.4, 0.5) is 8.78 Å². The van der Waals surface area contributed by atoms with E-state index < -0.39 is 32.7 Å². The third-order valence-corrected chi connectivity index (χ3v) is 0.989. The number of nitro groups is 3. The summed E-state index contributed by atoms with van der Waals surface area (Å²) in [6, 6.07) is 0. The van der Waals surface area contributed by atoms with Crippen LogP contribution in [-0.4, -0.2) is 20.7 Å². The van der Waals surface area contributed by atoms with Gasteiger partial charge >= 0.3 is 11.9 Å². The van der Waals surface area contributed by atoms with E-state index in [1.54, 1.807) is 0 Å². The first-order chi connectivity index (χ1) is 6.21. The van der Waals surface area contributed by atoms with Gasteiger partial charge in [0.2, 0.25) is 6.08 Å². The molecule has 0 radical (unpaired) electrons. The first-order valence-corrected chi connectivity index (χ1v) is 2.72. The van der Waals surface area contributed by atoms with E-state index in [0.717, 1.165) is 0 Å². The van der Waals surface area contributed by atoms with Crippen molar-refractivity contribution >= 4 is 0 Å². The molecule has 0 aliphatic heterocycles. The van der Waals surface area contributed by atoms with Crippen molar-refractivity contribution in [1.29, 1.82) is 0 Å². The summed E-state index contributed by atoms with van der Waals surface area (Å²) in [5.41, 5.74) is 0. The van der Waals surface area contributed by atoms with Gasteiger partial charge in [0.05, 0.1) is 4.92 Å². The smallest absolute Gasteiger partial charge is 0.256 e. The van der Waals surface area contributed by atoms with E-state index in [1.807, 2.05) is 0 Å². The van der Waals surface area contributed by atoms with Gasteiger partial charge < -0.3 is 0 Å². The molecule has 0 saturated heterocycles. The van der Waals surface area contributed by atoms with Crippen LogP contribution in [0, 0.1) is 30.3 Å². The molecule has 0 spiro atoms. The summed E-state index contributed by atoms with van der Waals surface area (Å²) < 4.78 is 24.7. The SMILES string of the molecule is O=[N+]([O-])/C(F)=C/C(F)([N+](=O)[O-])[N+](=O)[O-]. The topological polar surface area (TPSA) is 129 Å². The second kappa shape index (κ2) is 3.68. The Labute approximate surface area is 73.1 Å². The molecule has 0 aromatic carbocycles. The van der Waals surface area contributed by atoms with E-state index in [4.69, 9.17) is 0 Å². The Hall–Kier alpha value is -2.20. The Balaban J connectivity index is 5.27. The Kier molecular flexibility index (Phi) is 3.10. The van der Waals surface area contributed by atoms with E-state index in [1.165, 1.54) is 0 Å². The molecular formula is C3HF2N3O6. The zero-order valence-corrected chi connectivity index (χ0v) is 6.12. The third-order valence-electron chi connectivity index (χ3n) is 0.989. The lowest BCUT2D eigenvalue weighted by atomic mass is 10.4. The van der Waals surface area contributed by atoms with Crippen molar-refractivity contribution in [2.24, 2.45) is 0 Å². The molecule has 0 aromatic rings. The molecule has 0 aliphatic rings. The van der Waals surface area contributed by atoms with Crippen LogP contribution in [-0.2, 0) is 0 Å². The average Bonchev–Trinajstić information content (AvgIpc) is 2.02. The highest BCUT2D eigenvalue weighted by molar-refractivity contribution is 4.88. The van der Waals surface area contributed by atoms with Gasteiger partial charge in [-0.1, -0.05) is 4.39 Å². The minimum Gasteiger partial charge on any atom is -0.256 e. The van der Waals surface area contributed by atoms with E-state index in [-0.39, 0.29) is 0 Å². The van der Waals surface area contributed by atoms with Crippen molar-refractivity contribution < 1.29 is 23.6 Å². The van der Waals surface area contributed by atoms with Gasteiger partial charge in [-0.3, -0.25) is 30.3 Å². The predicted molar refractivity (Wildman–Crippen MR) is 34.0 cm³/mol. The van der Waals surface area contributed by atoms with E-state index in [0.29, 0.717) is 0 Å². The summed E-state index contributed by atoms with van der Waals surface area (Å²) in [5.74, 6) is -7.04. The van der Waals surface area contributed by atoms with Gasteiger partial charge in [-0.05, 0) is 0 Å². The largest absolute Gasteiger partial charge is 0.645 e. The first kappa shape index (κ1) is 11.8. The second-order valence-corrected chi connectivity index (χ2v) is 1.87. The van der Waals surface area contributed by atoms with E-state index in [2.05, 4.69) is 0 Å². The van der Waals surface area contributed by atoms with Gasteiger partial charge in [-0.25, -0.2) is 0 Å². The maximum atomic E-state index is 12.6. The minimum absolute atomic E-state index is 0.938. The molecule has 0 amide bonds. The standard InChI is InChI=1S/C3HF2N3O6/c4-2(6(9)10)1-3(5,7(11)12)8(13)14/h1H/b2-1+. The molecule has 0 atom stereocenters. The number of hydrogen-bond acceptors (Lipinski definition) is 6. The van der Waals surface area contributed by atoms with Gasteiger partial charge in [0.1, 0.15) is 9.85 Å². The van der Waals surface area contributed by atoms with Crippen LogP contribution in [0.3, 0.4) is 0 Å². The summed E-state index contributed by atoms with van der Waals surface area (Å²) in [6.07, 6.45) is -0.938. The van der Waals surface area contributed by atoms with Gasteiger partial charge in [0.25, 0.3) is 0 Å². The summed E-state index contributed by atoms with van der Waals surface area (Å²) in [5, 5.41) is 29.1. The number of hydrogen-bond donors (Lipinski definition) is 0. The highest BCUT2D eigenvalue weighted by Crippen LogP contribution is 2.17. The van der Waals surface area contributed by atoms with Crippen LogP contribution in [0.15, 0.2) is 12.0 Å². The fourth-order valence-corrected chi connectivity index (χ4v) is 0.376. The van der Waals surface area contributed by atoms with Crippen LogP contribution in [0.2, 0.25) is 0 Å². The molecule has 0 aromatic heterocycles. The van der Waals surface area contributed by atoms with Crippen LogP contribution >= 0.6 is 0 Å². The van der Waals surface area contributed by atoms with Crippen molar-refractivity contribution in [3.05, 3.63) is 42.4 Å². The van der Waals surface area contributed by atoms with Crippen LogP contribution in [0.1, 0.15) is 0 Å². The van der Waals surface area contributed by atoms with Crippen molar-refractivity contribution in [3.8, 4) is 0 Å². The molecule has 0 unspecified atom stereocenters. The molecular weight excluding hydrogens is 212 g/mol. The molecule has 0 heterocycles. The van der Waals surface area contributed by atoms with E-state index >= 15 is 0 Å². The molecule has 0 bridgehead atoms. The number of rotatable bonds is 4. The van der Waals surface area contributed by atoms with Crippen molar-refractivity contribution in [2.45, 2.75) is 5.92 Å². The third kappa shape index (κ3) is 2.15. The quantitative estimate of drug-likeness (QED) is 0.284. The monoisotopic (exact) mass is 213 g/mol. The molecule has 0 aliphatic carbocycles. The second-order valence-electron chi connectivity index (χ2n) is 1.87. The van der Waals surface area contributed by atoms with Gasteiger partial charge in [0, 0.05) is 0 Å². The summed E-state index contributed by atoms with van der Waals surface area (Å²) in [7, 11) is 0. The number of alkyl halides is 1. The molecule has 11 heteroatoms. The molecule has 14 heavy (non-hydrogen) atoms. The van der Waals surface area contributed by atoms with Crippen LogP contribution in [0.25, 0.3) is 0 Å². The lowest BCUT2D eigenvalue weighted by molar-refractivity contribution is -0.815. The highest BCUT2D eigenvalue weighted by atomic mass is 19.2. The molecule has 0 N–H and O–H groups in total. The van der Waals surface area contributed by atoms with Gasteiger partial charge in [-0.15, -0.1) is 4.39 Å². The highest BCUT2D eigenvalue weighted by Gasteiger charge is 2.58. The predicted octanol–water partition coefficient (Wildman–Crippen LogP) is 0.251. The van der Waals surface area contributed by atoms with Crippen molar-refractivity contribution in [2.75, 3.05) is 0 Å². The van der Waals surface area contributed by atoms with Crippen LogP contribution < -0.4 is 0 Å². The number of nitrogens with zero attached hydrogens (tertiary/aromatic N) is 3. The summed E-state index contributed by atoms with van der Waals surface area (Å²) in [6.45, 7) is 0.